The van der Waals surface area contributed by atoms with Gasteiger partial charge in [-0.3, -0.25) is 4.90 Å². The molecule has 0 bridgehead atoms. The molecule has 0 aromatic heterocycles. The van der Waals surface area contributed by atoms with E-state index < -0.39 is 0 Å². The minimum atomic E-state index is 0.823. The molecule has 0 saturated carbocycles. The Labute approximate surface area is 77.1 Å². The summed E-state index contributed by atoms with van der Waals surface area (Å²) in [5.74, 6) is 1.66. The summed E-state index contributed by atoms with van der Waals surface area (Å²) in [6, 6.07) is 0.868. The number of rotatable bonds is 3. The van der Waals surface area contributed by atoms with E-state index in [2.05, 4.69) is 32.6 Å². The first-order valence-corrected chi connectivity index (χ1v) is 5.35. The third-order valence-electron chi connectivity index (χ3n) is 2.78. The Balaban J connectivity index is 2.41. The maximum atomic E-state index is 2.68. The molecular weight excluding hydrogens is 146 g/mol. The molecule has 1 rings (SSSR count). The van der Waals surface area contributed by atoms with Gasteiger partial charge in [0.1, 0.15) is 0 Å². The molecule has 1 heterocycles. The second-order valence-corrected chi connectivity index (χ2v) is 4.84. The van der Waals surface area contributed by atoms with E-state index in [-0.39, 0.29) is 0 Å². The van der Waals surface area contributed by atoms with Crippen molar-refractivity contribution in [3.05, 3.63) is 0 Å². The number of nitrogens with zero attached hydrogens (tertiary/aromatic N) is 1. The molecule has 1 aliphatic heterocycles. The quantitative estimate of drug-likeness (QED) is 0.628. The van der Waals surface area contributed by atoms with E-state index in [0.29, 0.717) is 0 Å². The second-order valence-electron chi connectivity index (χ2n) is 4.84. The fourth-order valence-electron chi connectivity index (χ4n) is 2.30. The first-order chi connectivity index (χ1) is 5.61. The van der Waals surface area contributed by atoms with Gasteiger partial charge in [-0.1, -0.05) is 27.7 Å². The van der Waals surface area contributed by atoms with E-state index in [0.717, 1.165) is 17.9 Å². The highest BCUT2D eigenvalue weighted by atomic mass is 15.2. The zero-order valence-electron chi connectivity index (χ0n) is 9.01. The van der Waals surface area contributed by atoms with Crippen molar-refractivity contribution in [1.82, 2.24) is 4.90 Å². The first-order valence-electron chi connectivity index (χ1n) is 5.35. The lowest BCUT2D eigenvalue weighted by Gasteiger charge is -2.28. The van der Waals surface area contributed by atoms with Gasteiger partial charge in [0.05, 0.1) is 0 Å². The monoisotopic (exact) mass is 169 g/mol. The SMILES string of the molecule is CC(C)CN1CCCC1C(C)C. The predicted octanol–water partition coefficient (Wildman–Crippen LogP) is 2.76. The van der Waals surface area contributed by atoms with Gasteiger partial charge in [0, 0.05) is 12.6 Å². The summed E-state index contributed by atoms with van der Waals surface area (Å²) in [5, 5.41) is 0. The third kappa shape index (κ3) is 2.48. The van der Waals surface area contributed by atoms with Crippen LogP contribution in [0.2, 0.25) is 0 Å². The van der Waals surface area contributed by atoms with Crippen LogP contribution in [0.4, 0.5) is 0 Å². The Kier molecular flexibility index (Phi) is 3.57. The first kappa shape index (κ1) is 10.0. The van der Waals surface area contributed by atoms with E-state index in [1.54, 1.807) is 0 Å². The van der Waals surface area contributed by atoms with Crippen molar-refractivity contribution in [3.8, 4) is 0 Å². The lowest BCUT2D eigenvalue weighted by atomic mass is 10.0. The molecule has 0 aromatic carbocycles. The van der Waals surface area contributed by atoms with E-state index in [9.17, 15) is 0 Å². The molecule has 0 radical (unpaired) electrons. The Bertz CT molecular complexity index is 129. The van der Waals surface area contributed by atoms with E-state index in [4.69, 9.17) is 0 Å². The van der Waals surface area contributed by atoms with Crippen LogP contribution in [0.1, 0.15) is 40.5 Å². The Morgan fingerprint density at radius 2 is 1.92 bits per heavy atom. The standard InChI is InChI=1S/C11H23N/c1-9(2)8-12-7-5-6-11(12)10(3)4/h9-11H,5-8H2,1-4H3. The third-order valence-corrected chi connectivity index (χ3v) is 2.78. The van der Waals surface area contributed by atoms with Gasteiger partial charge in [-0.25, -0.2) is 0 Å². The van der Waals surface area contributed by atoms with Crippen LogP contribution < -0.4 is 0 Å². The van der Waals surface area contributed by atoms with Crippen LogP contribution in [-0.2, 0) is 0 Å². The van der Waals surface area contributed by atoms with Crippen LogP contribution in [0.3, 0.4) is 0 Å². The zero-order valence-corrected chi connectivity index (χ0v) is 9.01. The van der Waals surface area contributed by atoms with E-state index >= 15 is 0 Å². The van der Waals surface area contributed by atoms with Crippen LogP contribution >= 0.6 is 0 Å². The van der Waals surface area contributed by atoms with E-state index in [1.165, 1.54) is 25.9 Å². The molecule has 1 saturated heterocycles. The molecule has 1 atom stereocenters. The normalized spacial score (nSPS) is 26.0. The highest BCUT2D eigenvalue weighted by Crippen LogP contribution is 2.24. The maximum absolute atomic E-state index is 2.68. The molecule has 1 nitrogen and oxygen atoms in total. The van der Waals surface area contributed by atoms with Crippen LogP contribution in [0, 0.1) is 11.8 Å². The van der Waals surface area contributed by atoms with Crippen LogP contribution in [0.5, 0.6) is 0 Å². The molecular formula is C11H23N. The highest BCUT2D eigenvalue weighted by Gasteiger charge is 2.26. The van der Waals surface area contributed by atoms with Gasteiger partial charge in [0.25, 0.3) is 0 Å². The van der Waals surface area contributed by atoms with Gasteiger partial charge >= 0.3 is 0 Å². The van der Waals surface area contributed by atoms with Gasteiger partial charge in [-0.05, 0) is 31.2 Å². The predicted molar refractivity (Wildman–Crippen MR) is 54.3 cm³/mol. The molecule has 1 unspecified atom stereocenters. The van der Waals surface area contributed by atoms with Gasteiger partial charge in [-0.2, -0.15) is 0 Å². The average Bonchev–Trinajstić information content (AvgIpc) is 2.33. The van der Waals surface area contributed by atoms with Crippen molar-refractivity contribution in [2.75, 3.05) is 13.1 Å². The molecule has 0 amide bonds. The Hall–Kier alpha value is -0.0400. The summed E-state index contributed by atoms with van der Waals surface area (Å²) in [4.78, 5) is 2.68. The number of hydrogen-bond donors (Lipinski definition) is 0. The number of hydrogen-bond acceptors (Lipinski definition) is 1. The smallest absolute Gasteiger partial charge is 0.0119 e. The maximum Gasteiger partial charge on any atom is 0.0119 e. The summed E-state index contributed by atoms with van der Waals surface area (Å²) in [7, 11) is 0. The summed E-state index contributed by atoms with van der Waals surface area (Å²) >= 11 is 0. The van der Waals surface area contributed by atoms with Crippen LogP contribution in [0.25, 0.3) is 0 Å². The lowest BCUT2D eigenvalue weighted by molar-refractivity contribution is 0.186. The van der Waals surface area contributed by atoms with Crippen LogP contribution in [0.15, 0.2) is 0 Å². The van der Waals surface area contributed by atoms with Crippen LogP contribution in [-0.4, -0.2) is 24.0 Å². The Morgan fingerprint density at radius 3 is 2.42 bits per heavy atom. The molecule has 1 heteroatoms. The molecule has 0 aliphatic carbocycles. The Morgan fingerprint density at radius 1 is 1.25 bits per heavy atom. The van der Waals surface area contributed by atoms with Gasteiger partial charge in [0.15, 0.2) is 0 Å². The fourth-order valence-corrected chi connectivity index (χ4v) is 2.30. The van der Waals surface area contributed by atoms with Crippen molar-refractivity contribution >= 4 is 0 Å². The second kappa shape index (κ2) is 4.27. The molecule has 72 valence electrons. The minimum Gasteiger partial charge on any atom is -0.300 e. The molecule has 0 aromatic rings. The lowest BCUT2D eigenvalue weighted by Crippen LogP contribution is -2.35. The van der Waals surface area contributed by atoms with Crippen molar-refractivity contribution in [2.45, 2.75) is 46.6 Å². The fraction of sp³-hybridized carbons (Fsp3) is 1.00. The van der Waals surface area contributed by atoms with Gasteiger partial charge in [0.2, 0.25) is 0 Å². The van der Waals surface area contributed by atoms with Gasteiger partial charge in [-0.15, -0.1) is 0 Å². The molecule has 1 aliphatic rings. The van der Waals surface area contributed by atoms with Crippen molar-refractivity contribution in [1.29, 1.82) is 0 Å². The summed E-state index contributed by atoms with van der Waals surface area (Å²) in [5.41, 5.74) is 0. The molecule has 0 spiro atoms. The zero-order chi connectivity index (χ0) is 9.14. The van der Waals surface area contributed by atoms with E-state index in [1.807, 2.05) is 0 Å². The summed E-state index contributed by atoms with van der Waals surface area (Å²) in [6.45, 7) is 12.0. The summed E-state index contributed by atoms with van der Waals surface area (Å²) < 4.78 is 0. The molecule has 12 heavy (non-hydrogen) atoms. The molecule has 1 fully saturated rings. The topological polar surface area (TPSA) is 3.24 Å². The molecule has 0 N–H and O–H groups in total. The minimum absolute atomic E-state index is 0.823. The highest BCUT2D eigenvalue weighted by molar-refractivity contribution is 4.81. The largest absolute Gasteiger partial charge is 0.300 e. The number of likely N-dealkylation sites (tertiary alicyclic amines) is 1. The van der Waals surface area contributed by atoms with Crippen molar-refractivity contribution in [3.63, 3.8) is 0 Å². The van der Waals surface area contributed by atoms with Crippen molar-refractivity contribution < 1.29 is 0 Å². The van der Waals surface area contributed by atoms with Crippen molar-refractivity contribution in [2.24, 2.45) is 11.8 Å². The van der Waals surface area contributed by atoms with Gasteiger partial charge < -0.3 is 0 Å². The summed E-state index contributed by atoms with van der Waals surface area (Å²) in [6.07, 6.45) is 2.83. The average molecular weight is 169 g/mol.